The van der Waals surface area contributed by atoms with Crippen molar-refractivity contribution in [2.24, 2.45) is 17.8 Å². The number of hydrogen-bond donors (Lipinski definition) is 1. The summed E-state index contributed by atoms with van der Waals surface area (Å²) in [6, 6.07) is 0. The summed E-state index contributed by atoms with van der Waals surface area (Å²) in [6.45, 7) is 4.99. The van der Waals surface area contributed by atoms with Crippen LogP contribution in [0, 0.1) is 24.7 Å². The third-order valence-electron chi connectivity index (χ3n) is 5.02. The summed E-state index contributed by atoms with van der Waals surface area (Å²) in [4.78, 5) is 0. The maximum absolute atomic E-state index is 10.6. The number of aryl methyl sites for hydroxylation is 2. The molecule has 2 fully saturated rings. The standard InChI is InChI=1S/C15H23BrN2O/c1-3-18-12(15(16)9(2)17-18)8-13(19)14-10-6-4-5-7-11(10)14/h10-11,13-14,19H,3-8H2,1-2H3. The van der Waals surface area contributed by atoms with Crippen LogP contribution < -0.4 is 0 Å². The Labute approximate surface area is 123 Å². The summed E-state index contributed by atoms with van der Waals surface area (Å²) >= 11 is 3.62. The number of rotatable bonds is 4. The molecule has 2 aliphatic rings. The second kappa shape index (κ2) is 5.21. The topological polar surface area (TPSA) is 38.0 Å². The van der Waals surface area contributed by atoms with Crippen LogP contribution >= 0.6 is 15.9 Å². The monoisotopic (exact) mass is 326 g/mol. The van der Waals surface area contributed by atoms with E-state index in [-0.39, 0.29) is 6.10 Å². The normalized spacial score (nSPS) is 31.1. The van der Waals surface area contributed by atoms with Crippen molar-refractivity contribution in [3.05, 3.63) is 15.9 Å². The van der Waals surface area contributed by atoms with Gasteiger partial charge in [-0.3, -0.25) is 4.68 Å². The highest BCUT2D eigenvalue weighted by molar-refractivity contribution is 9.10. The van der Waals surface area contributed by atoms with Crippen LogP contribution in [0.25, 0.3) is 0 Å². The molecule has 0 aliphatic heterocycles. The van der Waals surface area contributed by atoms with E-state index in [0.717, 1.165) is 40.7 Å². The van der Waals surface area contributed by atoms with Crippen molar-refractivity contribution in [1.29, 1.82) is 0 Å². The van der Waals surface area contributed by atoms with E-state index in [0.29, 0.717) is 5.92 Å². The van der Waals surface area contributed by atoms with Crippen molar-refractivity contribution in [2.45, 2.75) is 58.6 Å². The molecule has 2 saturated carbocycles. The first-order chi connectivity index (χ1) is 9.13. The highest BCUT2D eigenvalue weighted by Gasteiger charge is 2.53. The second-order valence-electron chi connectivity index (χ2n) is 6.12. The highest BCUT2D eigenvalue weighted by atomic mass is 79.9. The summed E-state index contributed by atoms with van der Waals surface area (Å²) in [6.07, 6.45) is 5.94. The third-order valence-corrected chi connectivity index (χ3v) is 6.05. The Morgan fingerprint density at radius 1 is 1.37 bits per heavy atom. The molecule has 106 valence electrons. The predicted molar refractivity (Wildman–Crippen MR) is 79.0 cm³/mol. The van der Waals surface area contributed by atoms with Crippen molar-refractivity contribution in [3.63, 3.8) is 0 Å². The second-order valence-corrected chi connectivity index (χ2v) is 6.92. The number of hydrogen-bond acceptors (Lipinski definition) is 2. The molecule has 4 heteroatoms. The molecule has 1 N–H and O–H groups in total. The Kier molecular flexibility index (Phi) is 3.73. The van der Waals surface area contributed by atoms with Gasteiger partial charge in [0.05, 0.1) is 22.0 Å². The van der Waals surface area contributed by atoms with Crippen LogP contribution in [0.15, 0.2) is 4.47 Å². The van der Waals surface area contributed by atoms with Gasteiger partial charge in [-0.25, -0.2) is 0 Å². The van der Waals surface area contributed by atoms with E-state index in [9.17, 15) is 5.11 Å². The molecule has 0 amide bonds. The fraction of sp³-hybridized carbons (Fsp3) is 0.800. The van der Waals surface area contributed by atoms with Crippen molar-refractivity contribution in [2.75, 3.05) is 0 Å². The van der Waals surface area contributed by atoms with Crippen LogP contribution in [0.4, 0.5) is 0 Å². The predicted octanol–water partition coefficient (Wildman–Crippen LogP) is 3.31. The van der Waals surface area contributed by atoms with Gasteiger partial charge in [-0.15, -0.1) is 0 Å². The van der Waals surface area contributed by atoms with E-state index in [2.05, 4.69) is 28.0 Å². The lowest BCUT2D eigenvalue weighted by molar-refractivity contribution is 0.137. The molecule has 2 aliphatic carbocycles. The van der Waals surface area contributed by atoms with Gasteiger partial charge < -0.3 is 5.11 Å². The lowest BCUT2D eigenvalue weighted by Gasteiger charge is -2.12. The molecule has 0 radical (unpaired) electrons. The molecule has 0 aromatic carbocycles. The Balaban J connectivity index is 1.71. The van der Waals surface area contributed by atoms with Gasteiger partial charge in [0, 0.05) is 13.0 Å². The van der Waals surface area contributed by atoms with E-state index in [1.807, 2.05) is 11.6 Å². The zero-order valence-electron chi connectivity index (χ0n) is 11.8. The molecule has 1 aromatic heterocycles. The zero-order chi connectivity index (χ0) is 13.6. The van der Waals surface area contributed by atoms with Crippen LogP contribution in [-0.4, -0.2) is 21.0 Å². The van der Waals surface area contributed by atoms with E-state index in [1.165, 1.54) is 25.7 Å². The van der Waals surface area contributed by atoms with Crippen molar-refractivity contribution in [1.82, 2.24) is 9.78 Å². The van der Waals surface area contributed by atoms with Gasteiger partial charge in [-0.05, 0) is 60.4 Å². The van der Waals surface area contributed by atoms with Gasteiger partial charge >= 0.3 is 0 Å². The van der Waals surface area contributed by atoms with E-state index in [4.69, 9.17) is 0 Å². The summed E-state index contributed by atoms with van der Waals surface area (Å²) in [5.74, 6) is 2.16. The van der Waals surface area contributed by atoms with Crippen molar-refractivity contribution < 1.29 is 5.11 Å². The average Bonchev–Trinajstić information content (AvgIpc) is 3.09. The Hall–Kier alpha value is -0.350. The third kappa shape index (κ3) is 2.38. The van der Waals surface area contributed by atoms with E-state index >= 15 is 0 Å². The molecule has 3 unspecified atom stereocenters. The molecule has 1 aromatic rings. The van der Waals surface area contributed by atoms with Gasteiger partial charge in [0.1, 0.15) is 0 Å². The van der Waals surface area contributed by atoms with Crippen molar-refractivity contribution in [3.8, 4) is 0 Å². The average molecular weight is 327 g/mol. The fourth-order valence-corrected chi connectivity index (χ4v) is 4.46. The molecular weight excluding hydrogens is 304 g/mol. The number of aliphatic hydroxyl groups excluding tert-OH is 1. The lowest BCUT2D eigenvalue weighted by atomic mass is 10.0. The van der Waals surface area contributed by atoms with Crippen LogP contribution in [0.2, 0.25) is 0 Å². The number of fused-ring (bicyclic) bond motifs is 1. The SMILES string of the molecule is CCn1nc(C)c(Br)c1CC(O)C1C2CCCCC21. The highest BCUT2D eigenvalue weighted by Crippen LogP contribution is 2.57. The minimum Gasteiger partial charge on any atom is -0.392 e. The zero-order valence-corrected chi connectivity index (χ0v) is 13.4. The first-order valence-corrected chi connectivity index (χ1v) is 8.32. The maximum Gasteiger partial charge on any atom is 0.0738 e. The van der Waals surface area contributed by atoms with Gasteiger partial charge in [0.15, 0.2) is 0 Å². The van der Waals surface area contributed by atoms with Crippen LogP contribution in [-0.2, 0) is 13.0 Å². The first-order valence-electron chi connectivity index (χ1n) is 7.53. The van der Waals surface area contributed by atoms with Gasteiger partial charge in [0.25, 0.3) is 0 Å². The molecule has 19 heavy (non-hydrogen) atoms. The fourth-order valence-electron chi connectivity index (χ4n) is 4.02. The Morgan fingerprint density at radius 3 is 2.58 bits per heavy atom. The number of nitrogens with zero attached hydrogens (tertiary/aromatic N) is 2. The smallest absolute Gasteiger partial charge is 0.0738 e. The van der Waals surface area contributed by atoms with Crippen molar-refractivity contribution >= 4 is 15.9 Å². The summed E-state index contributed by atoms with van der Waals surface area (Å²) in [7, 11) is 0. The lowest BCUT2D eigenvalue weighted by Crippen LogP contribution is -2.18. The van der Waals surface area contributed by atoms with E-state index in [1.54, 1.807) is 0 Å². The maximum atomic E-state index is 10.6. The molecule has 1 heterocycles. The minimum absolute atomic E-state index is 0.189. The quantitative estimate of drug-likeness (QED) is 0.921. The minimum atomic E-state index is -0.189. The number of halogens is 1. The Morgan fingerprint density at radius 2 is 2.00 bits per heavy atom. The van der Waals surface area contributed by atoms with E-state index < -0.39 is 0 Å². The van der Waals surface area contributed by atoms with Crippen LogP contribution in [0.5, 0.6) is 0 Å². The molecule has 0 bridgehead atoms. The number of aromatic nitrogens is 2. The molecule has 0 saturated heterocycles. The van der Waals surface area contributed by atoms with Gasteiger partial charge in [0.2, 0.25) is 0 Å². The van der Waals surface area contributed by atoms with Gasteiger partial charge in [-0.2, -0.15) is 5.10 Å². The summed E-state index contributed by atoms with van der Waals surface area (Å²) in [5.41, 5.74) is 2.19. The molecule has 3 atom stereocenters. The molecule has 3 rings (SSSR count). The Bertz CT molecular complexity index is 459. The first kappa shape index (κ1) is 13.6. The molecular formula is C15H23BrN2O. The van der Waals surface area contributed by atoms with Crippen LogP contribution in [0.3, 0.4) is 0 Å². The van der Waals surface area contributed by atoms with Gasteiger partial charge in [-0.1, -0.05) is 12.8 Å². The van der Waals surface area contributed by atoms with Crippen LogP contribution in [0.1, 0.15) is 44.0 Å². The molecule has 0 spiro atoms. The summed E-state index contributed by atoms with van der Waals surface area (Å²) < 4.78 is 3.10. The largest absolute Gasteiger partial charge is 0.392 e. The summed E-state index contributed by atoms with van der Waals surface area (Å²) in [5, 5.41) is 15.1. The molecule has 3 nitrogen and oxygen atoms in total. The number of aliphatic hydroxyl groups is 1.